The molecule has 0 spiro atoms. The molecule has 0 aromatic heterocycles. The second-order valence-corrected chi connectivity index (χ2v) is 7.95. The summed E-state index contributed by atoms with van der Waals surface area (Å²) in [5.74, 6) is 0. The monoisotopic (exact) mass is 370 g/mol. The first kappa shape index (κ1) is 13.7. The molecule has 3 heteroatoms. The lowest BCUT2D eigenvalue weighted by molar-refractivity contribution is 0.248. The van der Waals surface area contributed by atoms with Crippen molar-refractivity contribution >= 4 is 28.3 Å². The van der Waals surface area contributed by atoms with Crippen LogP contribution in [0.5, 0.6) is 0 Å². The molecule has 0 saturated carbocycles. The highest BCUT2D eigenvalue weighted by atomic mass is 127. The Bertz CT molecular complexity index is 476. The zero-order valence-electron chi connectivity index (χ0n) is 12.1. The number of likely N-dealkylation sites (tertiary alicyclic amines) is 1. The number of hydrogen-bond donors (Lipinski definition) is 0. The van der Waals surface area contributed by atoms with Crippen molar-refractivity contribution in [3.05, 3.63) is 27.3 Å². The smallest absolute Gasteiger partial charge is 0.0408 e. The second kappa shape index (κ2) is 4.92. The summed E-state index contributed by atoms with van der Waals surface area (Å²) in [6.07, 6.45) is 2.61. The van der Waals surface area contributed by atoms with Gasteiger partial charge in [-0.2, -0.15) is 0 Å². The lowest BCUT2D eigenvalue weighted by atomic mass is 9.87. The van der Waals surface area contributed by atoms with Crippen molar-refractivity contribution in [2.45, 2.75) is 38.1 Å². The van der Waals surface area contributed by atoms with Crippen LogP contribution in [0.15, 0.2) is 18.2 Å². The van der Waals surface area contributed by atoms with Crippen LogP contribution in [0.4, 0.5) is 5.69 Å². The predicted molar refractivity (Wildman–Crippen MR) is 90.1 cm³/mol. The highest BCUT2D eigenvalue weighted by molar-refractivity contribution is 14.1. The third kappa shape index (κ3) is 2.51. The molecule has 2 nitrogen and oxygen atoms in total. The van der Waals surface area contributed by atoms with Gasteiger partial charge in [-0.25, -0.2) is 0 Å². The van der Waals surface area contributed by atoms with E-state index in [9.17, 15) is 0 Å². The van der Waals surface area contributed by atoms with Gasteiger partial charge < -0.3 is 9.80 Å². The average molecular weight is 370 g/mol. The molecule has 0 unspecified atom stereocenters. The molecule has 0 aliphatic carbocycles. The van der Waals surface area contributed by atoms with Gasteiger partial charge in [0.15, 0.2) is 0 Å². The van der Waals surface area contributed by atoms with E-state index in [-0.39, 0.29) is 0 Å². The van der Waals surface area contributed by atoms with Crippen molar-refractivity contribution in [2.24, 2.45) is 0 Å². The first-order valence-corrected chi connectivity index (χ1v) is 8.30. The fraction of sp³-hybridized carbons (Fsp3) is 0.625. The zero-order chi connectivity index (χ0) is 13.6. The standard InChI is InChI=1S/C16H23IN2/c1-16(2)11-19(13-6-8-18(3)9-7-13)15-5-4-12(17)10-14(15)16/h4-5,10,13H,6-9,11H2,1-3H3. The van der Waals surface area contributed by atoms with Gasteiger partial charge in [-0.1, -0.05) is 13.8 Å². The summed E-state index contributed by atoms with van der Waals surface area (Å²) in [7, 11) is 2.24. The number of benzene rings is 1. The van der Waals surface area contributed by atoms with E-state index in [1.54, 1.807) is 5.56 Å². The molecule has 0 N–H and O–H groups in total. The largest absolute Gasteiger partial charge is 0.367 e. The molecule has 1 saturated heterocycles. The van der Waals surface area contributed by atoms with E-state index >= 15 is 0 Å². The molecule has 0 amide bonds. The minimum atomic E-state index is 0.292. The van der Waals surface area contributed by atoms with E-state index in [0.717, 1.165) is 6.04 Å². The van der Waals surface area contributed by atoms with Gasteiger partial charge in [0, 0.05) is 27.3 Å². The summed E-state index contributed by atoms with van der Waals surface area (Å²) in [6.45, 7) is 8.42. The Morgan fingerprint density at radius 1 is 1.21 bits per heavy atom. The van der Waals surface area contributed by atoms with Gasteiger partial charge in [-0.15, -0.1) is 0 Å². The van der Waals surface area contributed by atoms with Crippen LogP contribution >= 0.6 is 22.6 Å². The average Bonchev–Trinajstić information content (AvgIpc) is 2.62. The maximum absolute atomic E-state index is 2.68. The lowest BCUT2D eigenvalue weighted by Gasteiger charge is -2.37. The summed E-state index contributed by atoms with van der Waals surface area (Å²) in [6, 6.07) is 7.70. The van der Waals surface area contributed by atoms with Crippen LogP contribution in [0.2, 0.25) is 0 Å². The van der Waals surface area contributed by atoms with Gasteiger partial charge in [-0.05, 0) is 79.3 Å². The van der Waals surface area contributed by atoms with Crippen molar-refractivity contribution in [2.75, 3.05) is 31.6 Å². The molecular weight excluding hydrogens is 347 g/mol. The quantitative estimate of drug-likeness (QED) is 0.699. The van der Waals surface area contributed by atoms with Crippen LogP contribution in [0, 0.1) is 3.57 Å². The van der Waals surface area contributed by atoms with E-state index in [1.807, 2.05) is 0 Å². The van der Waals surface area contributed by atoms with Crippen molar-refractivity contribution in [1.29, 1.82) is 0 Å². The Labute approximate surface area is 130 Å². The van der Waals surface area contributed by atoms with Gasteiger partial charge in [0.2, 0.25) is 0 Å². The molecule has 2 aliphatic heterocycles. The molecule has 1 fully saturated rings. The summed E-state index contributed by atoms with van der Waals surface area (Å²) < 4.78 is 1.36. The predicted octanol–water partition coefficient (Wildman–Crippen LogP) is 3.48. The van der Waals surface area contributed by atoms with Crippen molar-refractivity contribution < 1.29 is 0 Å². The van der Waals surface area contributed by atoms with Gasteiger partial charge in [0.25, 0.3) is 0 Å². The van der Waals surface area contributed by atoms with Crippen LogP contribution in [0.25, 0.3) is 0 Å². The minimum Gasteiger partial charge on any atom is -0.367 e. The molecule has 19 heavy (non-hydrogen) atoms. The molecule has 104 valence electrons. The van der Waals surface area contributed by atoms with Gasteiger partial charge in [0.05, 0.1) is 0 Å². The normalized spacial score (nSPS) is 23.7. The molecule has 0 bridgehead atoms. The first-order chi connectivity index (χ1) is 8.97. The summed E-state index contributed by atoms with van der Waals surface area (Å²) in [5, 5.41) is 0. The molecule has 0 atom stereocenters. The highest BCUT2D eigenvalue weighted by Crippen LogP contribution is 2.43. The molecular formula is C16H23IN2. The maximum Gasteiger partial charge on any atom is 0.0408 e. The highest BCUT2D eigenvalue weighted by Gasteiger charge is 2.38. The number of anilines is 1. The second-order valence-electron chi connectivity index (χ2n) is 6.71. The Hall–Kier alpha value is -0.290. The molecule has 1 aromatic carbocycles. The lowest BCUT2D eigenvalue weighted by Crippen LogP contribution is -2.44. The molecule has 0 radical (unpaired) electrons. The topological polar surface area (TPSA) is 6.48 Å². The van der Waals surface area contributed by atoms with E-state index in [0.29, 0.717) is 5.41 Å². The van der Waals surface area contributed by atoms with Crippen molar-refractivity contribution in [1.82, 2.24) is 4.90 Å². The number of hydrogen-bond acceptors (Lipinski definition) is 2. The number of halogens is 1. The van der Waals surface area contributed by atoms with Crippen LogP contribution in [0.3, 0.4) is 0 Å². The Kier molecular flexibility index (Phi) is 3.54. The van der Waals surface area contributed by atoms with E-state index < -0.39 is 0 Å². The Balaban J connectivity index is 1.90. The van der Waals surface area contributed by atoms with Crippen molar-refractivity contribution in [3.8, 4) is 0 Å². The third-order valence-corrected chi connectivity index (χ3v) is 5.36. The molecule has 3 rings (SSSR count). The third-order valence-electron chi connectivity index (χ3n) is 4.69. The Morgan fingerprint density at radius 3 is 2.58 bits per heavy atom. The van der Waals surface area contributed by atoms with E-state index in [2.05, 4.69) is 71.5 Å². The fourth-order valence-corrected chi connectivity index (χ4v) is 4.02. The summed E-state index contributed by atoms with van der Waals surface area (Å²) in [5.41, 5.74) is 3.32. The SMILES string of the molecule is CN1CCC(N2CC(C)(C)c3cc(I)ccc32)CC1. The number of fused-ring (bicyclic) bond motifs is 1. The first-order valence-electron chi connectivity index (χ1n) is 7.22. The summed E-state index contributed by atoms with van der Waals surface area (Å²) in [4.78, 5) is 5.13. The number of nitrogens with zero attached hydrogens (tertiary/aromatic N) is 2. The summed E-state index contributed by atoms with van der Waals surface area (Å²) >= 11 is 2.43. The zero-order valence-corrected chi connectivity index (χ0v) is 14.3. The van der Waals surface area contributed by atoms with Gasteiger partial charge >= 0.3 is 0 Å². The maximum atomic E-state index is 2.68. The van der Waals surface area contributed by atoms with Crippen LogP contribution in [-0.4, -0.2) is 37.6 Å². The van der Waals surface area contributed by atoms with Gasteiger partial charge in [0.1, 0.15) is 0 Å². The molecule has 1 aromatic rings. The van der Waals surface area contributed by atoms with Crippen LogP contribution < -0.4 is 4.90 Å². The molecule has 2 aliphatic rings. The van der Waals surface area contributed by atoms with Crippen LogP contribution in [0.1, 0.15) is 32.3 Å². The van der Waals surface area contributed by atoms with Crippen LogP contribution in [-0.2, 0) is 5.41 Å². The van der Waals surface area contributed by atoms with Gasteiger partial charge in [-0.3, -0.25) is 0 Å². The van der Waals surface area contributed by atoms with E-state index in [1.165, 1.54) is 41.7 Å². The Morgan fingerprint density at radius 2 is 1.89 bits per heavy atom. The van der Waals surface area contributed by atoms with E-state index in [4.69, 9.17) is 0 Å². The number of rotatable bonds is 1. The number of piperidine rings is 1. The fourth-order valence-electron chi connectivity index (χ4n) is 3.53. The van der Waals surface area contributed by atoms with Crippen molar-refractivity contribution in [3.63, 3.8) is 0 Å². The minimum absolute atomic E-state index is 0.292. The molecule has 2 heterocycles.